The highest BCUT2D eigenvalue weighted by molar-refractivity contribution is 5.86. The van der Waals surface area contributed by atoms with Crippen molar-refractivity contribution >= 4 is 16.8 Å². The maximum Gasteiger partial charge on any atom is 0.416 e. The lowest BCUT2D eigenvalue weighted by atomic mass is 9.86. The Morgan fingerprint density at radius 2 is 1.83 bits per heavy atom. The Kier molecular flexibility index (Phi) is 5.84. The molecule has 2 N–H and O–H groups in total. The lowest BCUT2D eigenvalue weighted by Crippen LogP contribution is -2.36. The summed E-state index contributed by atoms with van der Waals surface area (Å²) in [6.07, 6.45) is 2.82. The van der Waals surface area contributed by atoms with E-state index >= 15 is 0 Å². The predicted molar refractivity (Wildman–Crippen MR) is 111 cm³/mol. The minimum absolute atomic E-state index is 0.111. The summed E-state index contributed by atoms with van der Waals surface area (Å²) in [7, 11) is 0. The number of alkyl halides is 3. The highest BCUT2D eigenvalue weighted by Gasteiger charge is 2.32. The SMILES string of the molecule is O=C(C[C@@H](c1cccc(C(F)(F)F)c1)c1c[nH]c2ccccc12)NC1CCCCC1. The predicted octanol–water partition coefficient (Wildman–Crippen LogP) is 6.16. The zero-order chi connectivity index (χ0) is 21.1. The lowest BCUT2D eigenvalue weighted by molar-refractivity contribution is -0.137. The molecule has 1 aliphatic carbocycles. The quantitative estimate of drug-likeness (QED) is 0.516. The van der Waals surface area contributed by atoms with E-state index in [1.54, 1.807) is 6.07 Å². The van der Waals surface area contributed by atoms with Crippen LogP contribution in [0.1, 0.15) is 61.1 Å². The van der Waals surface area contributed by atoms with E-state index in [0.29, 0.717) is 5.56 Å². The first kappa shape index (κ1) is 20.5. The first-order valence-corrected chi connectivity index (χ1v) is 10.4. The van der Waals surface area contributed by atoms with Gasteiger partial charge in [-0.05, 0) is 36.1 Å². The summed E-state index contributed by atoms with van der Waals surface area (Å²) >= 11 is 0. The van der Waals surface area contributed by atoms with Crippen LogP contribution in [0.25, 0.3) is 10.9 Å². The standard InChI is InChI=1S/C24H25F3N2O/c25-24(26,27)17-8-6-7-16(13-17)20(14-23(30)29-18-9-2-1-3-10-18)21-15-28-22-12-5-4-11-19(21)22/h4-8,11-13,15,18,20,28H,1-3,9-10,14H2,(H,29,30)/t20-/m0/s1. The van der Waals surface area contributed by atoms with Crippen LogP contribution in [-0.4, -0.2) is 16.9 Å². The molecule has 158 valence electrons. The van der Waals surface area contributed by atoms with E-state index in [4.69, 9.17) is 0 Å². The Bertz CT molecular complexity index is 1020. The summed E-state index contributed by atoms with van der Waals surface area (Å²) in [6.45, 7) is 0. The van der Waals surface area contributed by atoms with Gasteiger partial charge in [-0.1, -0.05) is 55.7 Å². The summed E-state index contributed by atoms with van der Waals surface area (Å²) in [4.78, 5) is 16.0. The molecule has 0 aliphatic heterocycles. The monoisotopic (exact) mass is 414 g/mol. The summed E-state index contributed by atoms with van der Waals surface area (Å²) < 4.78 is 39.9. The molecule has 0 unspecified atom stereocenters. The van der Waals surface area contributed by atoms with E-state index in [2.05, 4.69) is 10.3 Å². The first-order chi connectivity index (χ1) is 14.4. The second-order valence-electron chi connectivity index (χ2n) is 8.07. The van der Waals surface area contributed by atoms with E-state index in [9.17, 15) is 18.0 Å². The molecule has 1 atom stereocenters. The Hall–Kier alpha value is -2.76. The molecule has 0 spiro atoms. The molecule has 1 heterocycles. The van der Waals surface area contributed by atoms with Gasteiger partial charge in [-0.2, -0.15) is 13.2 Å². The molecule has 0 radical (unpaired) electrons. The Morgan fingerprint density at radius 1 is 1.07 bits per heavy atom. The Labute approximate surface area is 173 Å². The molecule has 2 aromatic carbocycles. The van der Waals surface area contributed by atoms with E-state index in [0.717, 1.165) is 48.2 Å². The number of aromatic amines is 1. The smallest absolute Gasteiger partial charge is 0.361 e. The minimum Gasteiger partial charge on any atom is -0.361 e. The number of hydrogen-bond acceptors (Lipinski definition) is 1. The lowest BCUT2D eigenvalue weighted by Gasteiger charge is -2.24. The molecule has 1 saturated carbocycles. The highest BCUT2D eigenvalue weighted by Crippen LogP contribution is 2.37. The van der Waals surface area contributed by atoms with Gasteiger partial charge < -0.3 is 10.3 Å². The average Bonchev–Trinajstić information content (AvgIpc) is 3.16. The second kappa shape index (κ2) is 8.54. The van der Waals surface area contributed by atoms with Gasteiger partial charge in [-0.25, -0.2) is 0 Å². The van der Waals surface area contributed by atoms with Crippen molar-refractivity contribution in [1.82, 2.24) is 10.3 Å². The molecule has 3 aromatic rings. The van der Waals surface area contributed by atoms with Gasteiger partial charge in [-0.15, -0.1) is 0 Å². The second-order valence-corrected chi connectivity index (χ2v) is 8.07. The highest BCUT2D eigenvalue weighted by atomic mass is 19.4. The molecule has 4 rings (SSSR count). The van der Waals surface area contributed by atoms with E-state index in [1.165, 1.54) is 18.6 Å². The molecule has 6 heteroatoms. The number of carbonyl (C=O) groups excluding carboxylic acids is 1. The summed E-state index contributed by atoms with van der Waals surface area (Å²) in [5, 5.41) is 4.02. The van der Waals surface area contributed by atoms with Crippen molar-refractivity contribution < 1.29 is 18.0 Å². The van der Waals surface area contributed by atoms with Crippen LogP contribution >= 0.6 is 0 Å². The average molecular weight is 414 g/mol. The molecule has 3 nitrogen and oxygen atoms in total. The number of para-hydroxylation sites is 1. The van der Waals surface area contributed by atoms with Gasteiger partial charge in [0.2, 0.25) is 5.91 Å². The Balaban J connectivity index is 1.67. The zero-order valence-corrected chi connectivity index (χ0v) is 16.6. The maximum absolute atomic E-state index is 13.3. The Morgan fingerprint density at radius 3 is 2.60 bits per heavy atom. The van der Waals surface area contributed by atoms with Crippen LogP contribution in [0.4, 0.5) is 13.2 Å². The van der Waals surface area contributed by atoms with Crippen molar-refractivity contribution in [2.45, 2.75) is 56.7 Å². The number of hydrogen-bond donors (Lipinski definition) is 2. The normalized spacial score (nSPS) is 16.5. The third-order valence-electron chi connectivity index (χ3n) is 5.97. The number of rotatable bonds is 5. The number of benzene rings is 2. The van der Waals surface area contributed by atoms with Gasteiger partial charge >= 0.3 is 6.18 Å². The van der Waals surface area contributed by atoms with Crippen LogP contribution in [0.15, 0.2) is 54.7 Å². The number of fused-ring (bicyclic) bond motifs is 1. The van der Waals surface area contributed by atoms with Crippen LogP contribution in [0.5, 0.6) is 0 Å². The van der Waals surface area contributed by atoms with Gasteiger partial charge in [0.1, 0.15) is 0 Å². The van der Waals surface area contributed by atoms with Gasteiger partial charge in [0.15, 0.2) is 0 Å². The van der Waals surface area contributed by atoms with Crippen molar-refractivity contribution in [3.8, 4) is 0 Å². The largest absolute Gasteiger partial charge is 0.416 e. The number of halogens is 3. The fraction of sp³-hybridized carbons (Fsp3) is 0.375. The molecule has 0 saturated heterocycles. The molecule has 1 fully saturated rings. The minimum atomic E-state index is -4.43. The van der Waals surface area contributed by atoms with Crippen LogP contribution in [0, 0.1) is 0 Å². The van der Waals surface area contributed by atoms with Crippen molar-refractivity contribution in [3.05, 3.63) is 71.4 Å². The van der Waals surface area contributed by atoms with Crippen LogP contribution in [-0.2, 0) is 11.0 Å². The fourth-order valence-electron chi connectivity index (χ4n) is 4.44. The van der Waals surface area contributed by atoms with Crippen LogP contribution in [0.2, 0.25) is 0 Å². The third-order valence-corrected chi connectivity index (χ3v) is 5.97. The zero-order valence-electron chi connectivity index (χ0n) is 16.6. The molecular formula is C24H25F3N2O. The van der Waals surface area contributed by atoms with Gasteiger partial charge in [0.25, 0.3) is 0 Å². The summed E-state index contributed by atoms with van der Waals surface area (Å²) in [6, 6.07) is 13.1. The number of carbonyl (C=O) groups is 1. The van der Waals surface area contributed by atoms with Crippen molar-refractivity contribution in [3.63, 3.8) is 0 Å². The number of amides is 1. The molecular weight excluding hydrogens is 389 g/mol. The van der Waals surface area contributed by atoms with E-state index in [1.807, 2.05) is 30.5 Å². The van der Waals surface area contributed by atoms with Gasteiger partial charge in [0, 0.05) is 35.5 Å². The number of aromatic nitrogens is 1. The van der Waals surface area contributed by atoms with Crippen molar-refractivity contribution in [2.24, 2.45) is 0 Å². The van der Waals surface area contributed by atoms with Gasteiger partial charge in [-0.3, -0.25) is 4.79 Å². The van der Waals surface area contributed by atoms with Crippen molar-refractivity contribution in [1.29, 1.82) is 0 Å². The molecule has 0 bridgehead atoms. The molecule has 30 heavy (non-hydrogen) atoms. The van der Waals surface area contributed by atoms with E-state index < -0.39 is 17.7 Å². The molecule has 1 amide bonds. The fourth-order valence-corrected chi connectivity index (χ4v) is 4.44. The topological polar surface area (TPSA) is 44.9 Å². The number of nitrogens with one attached hydrogen (secondary N) is 2. The summed E-state index contributed by atoms with van der Waals surface area (Å²) in [5.74, 6) is -0.582. The van der Waals surface area contributed by atoms with Gasteiger partial charge in [0.05, 0.1) is 5.56 Å². The third kappa shape index (κ3) is 4.53. The van der Waals surface area contributed by atoms with Crippen LogP contribution in [0.3, 0.4) is 0 Å². The molecule has 1 aromatic heterocycles. The summed E-state index contributed by atoms with van der Waals surface area (Å²) in [5.41, 5.74) is 1.53. The van der Waals surface area contributed by atoms with E-state index in [-0.39, 0.29) is 18.4 Å². The first-order valence-electron chi connectivity index (χ1n) is 10.4. The maximum atomic E-state index is 13.3. The van der Waals surface area contributed by atoms with Crippen LogP contribution < -0.4 is 5.32 Å². The molecule has 1 aliphatic rings. The van der Waals surface area contributed by atoms with Crippen molar-refractivity contribution in [2.75, 3.05) is 0 Å². The number of H-pyrrole nitrogens is 1.